The lowest BCUT2D eigenvalue weighted by atomic mass is 10.3. The van der Waals surface area contributed by atoms with Gasteiger partial charge < -0.3 is 5.32 Å². The average Bonchev–Trinajstić information content (AvgIpc) is 3.18. The molecule has 3 aromatic rings. The van der Waals surface area contributed by atoms with Crippen molar-refractivity contribution in [3.05, 3.63) is 48.4 Å². The van der Waals surface area contributed by atoms with Crippen LogP contribution < -0.4 is 5.32 Å². The van der Waals surface area contributed by atoms with Crippen LogP contribution in [-0.2, 0) is 6.42 Å². The van der Waals surface area contributed by atoms with Crippen molar-refractivity contribution in [2.24, 2.45) is 0 Å². The van der Waals surface area contributed by atoms with Crippen molar-refractivity contribution < 1.29 is 0 Å². The fourth-order valence-corrected chi connectivity index (χ4v) is 3.86. The second kappa shape index (κ2) is 5.85. The second-order valence-corrected chi connectivity index (χ2v) is 7.45. The molecule has 23 heavy (non-hydrogen) atoms. The van der Waals surface area contributed by atoms with Crippen LogP contribution in [0.4, 0.5) is 5.82 Å². The summed E-state index contributed by atoms with van der Waals surface area (Å²) in [4.78, 5) is 10.0. The zero-order chi connectivity index (χ0) is 15.7. The molecule has 1 aromatic carbocycles. The lowest BCUT2D eigenvalue weighted by Crippen LogP contribution is -2.20. The Hall–Kier alpha value is -2.08. The van der Waals surface area contributed by atoms with Gasteiger partial charge in [-0.3, -0.25) is 0 Å². The van der Waals surface area contributed by atoms with Gasteiger partial charge in [0.15, 0.2) is 0 Å². The lowest BCUT2D eigenvalue weighted by Gasteiger charge is -2.17. The molecule has 2 heterocycles. The van der Waals surface area contributed by atoms with Gasteiger partial charge in [0, 0.05) is 27.9 Å². The molecule has 0 aliphatic heterocycles. The van der Waals surface area contributed by atoms with Crippen LogP contribution >= 0.6 is 11.8 Å². The standard InChI is InChI=1S/C17H19N5S/c1-2-13-10-15(22-16(21-13)19-12-20-22)18-11-17(8-9-17)23-14-6-4-3-5-7-14/h3-7,10,12,18H,2,8-9,11H2,1H3. The van der Waals surface area contributed by atoms with Crippen LogP contribution in [-0.4, -0.2) is 30.9 Å². The highest BCUT2D eigenvalue weighted by molar-refractivity contribution is 8.01. The first-order chi connectivity index (χ1) is 11.3. The number of aryl methyl sites for hydroxylation is 1. The van der Waals surface area contributed by atoms with E-state index < -0.39 is 0 Å². The van der Waals surface area contributed by atoms with E-state index in [2.05, 4.69) is 63.7 Å². The molecule has 118 valence electrons. The minimum Gasteiger partial charge on any atom is -0.368 e. The number of benzene rings is 1. The zero-order valence-corrected chi connectivity index (χ0v) is 13.9. The number of thioether (sulfide) groups is 1. The summed E-state index contributed by atoms with van der Waals surface area (Å²) < 4.78 is 2.08. The Balaban J connectivity index is 1.52. The molecule has 0 saturated heterocycles. The number of nitrogens with zero attached hydrogens (tertiary/aromatic N) is 4. The first-order valence-electron chi connectivity index (χ1n) is 7.96. The van der Waals surface area contributed by atoms with Gasteiger partial charge in [-0.25, -0.2) is 4.98 Å². The van der Waals surface area contributed by atoms with Gasteiger partial charge in [-0.2, -0.15) is 14.6 Å². The fourth-order valence-electron chi connectivity index (χ4n) is 2.61. The third-order valence-corrected chi connectivity index (χ3v) is 5.64. The van der Waals surface area contributed by atoms with Crippen LogP contribution in [0.15, 0.2) is 47.6 Å². The van der Waals surface area contributed by atoms with Gasteiger partial charge in [-0.1, -0.05) is 25.1 Å². The minimum atomic E-state index is 0.296. The fraction of sp³-hybridized carbons (Fsp3) is 0.353. The highest BCUT2D eigenvalue weighted by atomic mass is 32.2. The monoisotopic (exact) mass is 325 g/mol. The maximum atomic E-state index is 4.49. The van der Waals surface area contributed by atoms with Crippen molar-refractivity contribution in [2.75, 3.05) is 11.9 Å². The van der Waals surface area contributed by atoms with Crippen LogP contribution in [0.25, 0.3) is 5.78 Å². The number of rotatable bonds is 6. The van der Waals surface area contributed by atoms with Crippen LogP contribution in [0, 0.1) is 0 Å². The molecule has 6 heteroatoms. The third-order valence-electron chi connectivity index (χ3n) is 4.14. The maximum absolute atomic E-state index is 4.49. The predicted octanol–water partition coefficient (Wildman–Crippen LogP) is 3.42. The topological polar surface area (TPSA) is 55.1 Å². The zero-order valence-electron chi connectivity index (χ0n) is 13.1. The molecule has 1 fully saturated rings. The highest BCUT2D eigenvalue weighted by Crippen LogP contribution is 2.51. The molecule has 4 rings (SSSR count). The van der Waals surface area contributed by atoms with Crippen LogP contribution in [0.2, 0.25) is 0 Å². The van der Waals surface area contributed by atoms with Gasteiger partial charge in [0.05, 0.1) is 0 Å². The number of hydrogen-bond donors (Lipinski definition) is 1. The summed E-state index contributed by atoms with van der Waals surface area (Å²) in [5, 5.41) is 7.84. The molecule has 1 N–H and O–H groups in total. The largest absolute Gasteiger partial charge is 0.368 e. The molecular weight excluding hydrogens is 306 g/mol. The summed E-state index contributed by atoms with van der Waals surface area (Å²) in [6, 6.07) is 12.7. The first kappa shape index (κ1) is 14.5. The SMILES string of the molecule is CCc1cc(NCC2(Sc3ccccc3)CC2)n2ncnc2n1. The minimum absolute atomic E-state index is 0.296. The van der Waals surface area contributed by atoms with Gasteiger partial charge >= 0.3 is 0 Å². The van der Waals surface area contributed by atoms with E-state index in [-0.39, 0.29) is 0 Å². The number of hydrogen-bond acceptors (Lipinski definition) is 5. The van der Waals surface area contributed by atoms with Crippen molar-refractivity contribution in [3.8, 4) is 0 Å². The maximum Gasteiger partial charge on any atom is 0.254 e. The summed E-state index contributed by atoms with van der Waals surface area (Å²) in [7, 11) is 0. The van der Waals surface area contributed by atoms with E-state index in [0.717, 1.165) is 24.5 Å². The van der Waals surface area contributed by atoms with E-state index in [1.807, 2.05) is 11.8 Å². The molecule has 0 spiro atoms. The van der Waals surface area contributed by atoms with Gasteiger partial charge in [0.2, 0.25) is 0 Å². The first-order valence-corrected chi connectivity index (χ1v) is 8.77. The molecule has 2 aromatic heterocycles. The van der Waals surface area contributed by atoms with Crippen LogP contribution in [0.5, 0.6) is 0 Å². The summed E-state index contributed by atoms with van der Waals surface area (Å²) in [6.45, 7) is 3.03. The van der Waals surface area contributed by atoms with Crippen molar-refractivity contribution in [1.29, 1.82) is 0 Å². The smallest absolute Gasteiger partial charge is 0.254 e. The Kier molecular flexibility index (Phi) is 3.69. The summed E-state index contributed by atoms with van der Waals surface area (Å²) in [6.07, 6.45) is 4.93. The highest BCUT2D eigenvalue weighted by Gasteiger charge is 2.43. The van der Waals surface area contributed by atoms with E-state index >= 15 is 0 Å². The van der Waals surface area contributed by atoms with Gasteiger partial charge in [0.1, 0.15) is 12.1 Å². The summed E-state index contributed by atoms with van der Waals surface area (Å²) in [5.41, 5.74) is 1.04. The van der Waals surface area contributed by atoms with E-state index in [9.17, 15) is 0 Å². The molecule has 1 saturated carbocycles. The van der Waals surface area contributed by atoms with E-state index in [1.54, 1.807) is 10.8 Å². The quantitative estimate of drug-likeness (QED) is 0.752. The summed E-state index contributed by atoms with van der Waals surface area (Å²) >= 11 is 1.97. The molecule has 5 nitrogen and oxygen atoms in total. The Bertz CT molecular complexity index is 810. The van der Waals surface area contributed by atoms with Crippen LogP contribution in [0.1, 0.15) is 25.5 Å². The lowest BCUT2D eigenvalue weighted by molar-refractivity contribution is 0.875. The molecule has 1 aliphatic rings. The Morgan fingerprint density at radius 3 is 2.83 bits per heavy atom. The van der Waals surface area contributed by atoms with Crippen LogP contribution in [0.3, 0.4) is 0 Å². The normalized spacial score (nSPS) is 15.7. The summed E-state index contributed by atoms with van der Waals surface area (Å²) in [5.74, 6) is 1.64. The second-order valence-electron chi connectivity index (χ2n) is 5.91. The van der Waals surface area contributed by atoms with Crippen molar-refractivity contribution in [1.82, 2.24) is 19.6 Å². The van der Waals surface area contributed by atoms with E-state index in [1.165, 1.54) is 17.7 Å². The van der Waals surface area contributed by atoms with E-state index in [4.69, 9.17) is 0 Å². The van der Waals surface area contributed by atoms with E-state index in [0.29, 0.717) is 10.5 Å². The Labute approximate surface area is 139 Å². The third kappa shape index (κ3) is 3.03. The van der Waals surface area contributed by atoms with Crippen molar-refractivity contribution >= 4 is 23.4 Å². The molecule has 0 atom stereocenters. The predicted molar refractivity (Wildman–Crippen MR) is 92.9 cm³/mol. The number of nitrogens with one attached hydrogen (secondary N) is 1. The molecular formula is C17H19N5S. The average molecular weight is 325 g/mol. The van der Waals surface area contributed by atoms with Gasteiger partial charge in [-0.05, 0) is 31.4 Å². The Morgan fingerprint density at radius 2 is 2.09 bits per heavy atom. The number of fused-ring (bicyclic) bond motifs is 1. The molecule has 0 radical (unpaired) electrons. The molecule has 0 bridgehead atoms. The molecule has 1 aliphatic carbocycles. The van der Waals surface area contributed by atoms with Gasteiger partial charge in [-0.15, -0.1) is 11.8 Å². The number of aromatic nitrogens is 4. The molecule has 0 amide bonds. The number of anilines is 1. The molecule has 0 unspecified atom stereocenters. The Morgan fingerprint density at radius 1 is 1.26 bits per heavy atom. The van der Waals surface area contributed by atoms with Crippen molar-refractivity contribution in [3.63, 3.8) is 0 Å². The van der Waals surface area contributed by atoms with Gasteiger partial charge in [0.25, 0.3) is 5.78 Å². The van der Waals surface area contributed by atoms with Crippen molar-refractivity contribution in [2.45, 2.75) is 35.8 Å².